The van der Waals surface area contributed by atoms with E-state index in [1.807, 2.05) is 27.7 Å². The molecule has 0 aromatic carbocycles. The molecule has 8 heteroatoms. The largest absolute Gasteiger partial charge is 0.364 e. The van der Waals surface area contributed by atoms with Crippen LogP contribution in [0.15, 0.2) is 21.1 Å². The van der Waals surface area contributed by atoms with Crippen molar-refractivity contribution >= 4 is 27.3 Å². The van der Waals surface area contributed by atoms with Gasteiger partial charge in [-0.1, -0.05) is 25.9 Å². The van der Waals surface area contributed by atoms with Crippen LogP contribution in [0.5, 0.6) is 0 Å². The zero-order valence-electron chi connectivity index (χ0n) is 13.1. The number of carbonyl (C=O) groups excluding carboxylic acids is 1. The van der Waals surface area contributed by atoms with Crippen LogP contribution >= 0.6 is 11.3 Å². The lowest BCUT2D eigenvalue weighted by Crippen LogP contribution is -2.32. The van der Waals surface area contributed by atoms with E-state index in [0.29, 0.717) is 11.1 Å². The van der Waals surface area contributed by atoms with E-state index in [9.17, 15) is 13.2 Å². The Bertz CT molecular complexity index is 810. The topological polar surface area (TPSA) is 89.3 Å². The van der Waals surface area contributed by atoms with Crippen molar-refractivity contribution in [3.05, 3.63) is 34.0 Å². The minimum atomic E-state index is -3.92. The molecular weight excluding hydrogens is 324 g/mol. The van der Waals surface area contributed by atoms with Crippen LogP contribution in [0.4, 0.5) is 0 Å². The van der Waals surface area contributed by atoms with Crippen LogP contribution in [0.1, 0.15) is 47.3 Å². The predicted octanol–water partition coefficient (Wildman–Crippen LogP) is 2.77. The number of hydrogen-bond donors (Lipinski definition) is 1. The molecule has 0 saturated heterocycles. The van der Waals surface area contributed by atoms with Gasteiger partial charge in [-0.15, -0.1) is 11.3 Å². The molecule has 0 aliphatic rings. The summed E-state index contributed by atoms with van der Waals surface area (Å²) in [6.07, 6.45) is 1.36. The molecule has 0 spiro atoms. The van der Waals surface area contributed by atoms with E-state index in [0.717, 1.165) is 16.2 Å². The third-order valence-corrected chi connectivity index (χ3v) is 6.18. The first-order chi connectivity index (χ1) is 10.0. The van der Waals surface area contributed by atoms with Crippen LogP contribution in [0.3, 0.4) is 0 Å². The molecule has 0 aliphatic heterocycles. The van der Waals surface area contributed by atoms with Crippen LogP contribution in [-0.2, 0) is 15.4 Å². The summed E-state index contributed by atoms with van der Waals surface area (Å²) in [5.41, 5.74) is 0.770. The van der Waals surface area contributed by atoms with E-state index in [-0.39, 0.29) is 15.3 Å². The first-order valence-electron chi connectivity index (χ1n) is 6.61. The Morgan fingerprint density at radius 1 is 1.32 bits per heavy atom. The number of hydrogen-bond acceptors (Lipinski definition) is 6. The van der Waals surface area contributed by atoms with E-state index in [1.165, 1.54) is 6.26 Å². The summed E-state index contributed by atoms with van der Waals surface area (Å²) in [5, 5.41) is 3.64. The van der Waals surface area contributed by atoms with E-state index < -0.39 is 15.9 Å². The Labute approximate surface area is 133 Å². The van der Waals surface area contributed by atoms with Crippen molar-refractivity contribution in [1.29, 1.82) is 0 Å². The molecule has 1 amide bonds. The molecule has 2 aromatic rings. The van der Waals surface area contributed by atoms with Crippen molar-refractivity contribution in [3.8, 4) is 0 Å². The number of nitrogens with one attached hydrogen (secondary N) is 1. The molecule has 0 fully saturated rings. The second kappa shape index (κ2) is 5.51. The van der Waals surface area contributed by atoms with Crippen molar-refractivity contribution in [2.75, 3.05) is 0 Å². The normalized spacial score (nSPS) is 12.4. The Kier molecular flexibility index (Phi) is 4.18. The van der Waals surface area contributed by atoms with Gasteiger partial charge in [0, 0.05) is 10.4 Å². The van der Waals surface area contributed by atoms with E-state index >= 15 is 0 Å². The average molecular weight is 342 g/mol. The maximum Gasteiger partial charge on any atom is 0.287 e. The second-order valence-electron chi connectivity index (χ2n) is 6.09. The van der Waals surface area contributed by atoms with E-state index in [4.69, 9.17) is 4.52 Å². The molecule has 6 nitrogen and oxygen atoms in total. The molecular formula is C14H18N2O4S2. The minimum Gasteiger partial charge on any atom is -0.364 e. The van der Waals surface area contributed by atoms with Gasteiger partial charge >= 0.3 is 0 Å². The van der Waals surface area contributed by atoms with Gasteiger partial charge in [0.2, 0.25) is 0 Å². The van der Waals surface area contributed by atoms with Crippen molar-refractivity contribution in [2.24, 2.45) is 0 Å². The molecule has 0 aliphatic carbocycles. The molecule has 1 N–H and O–H groups in total. The first-order valence-corrected chi connectivity index (χ1v) is 8.91. The molecule has 22 heavy (non-hydrogen) atoms. The maximum atomic E-state index is 12.4. The number of sulfonamides is 1. The lowest BCUT2D eigenvalue weighted by Gasteiger charge is -2.16. The van der Waals surface area contributed by atoms with Crippen molar-refractivity contribution in [2.45, 2.75) is 44.2 Å². The summed E-state index contributed by atoms with van der Waals surface area (Å²) in [6, 6.07) is 1.76. The maximum absolute atomic E-state index is 12.4. The summed E-state index contributed by atoms with van der Waals surface area (Å²) in [5.74, 6) is -0.788. The number of thiophene rings is 1. The minimum absolute atomic E-state index is 0.0120. The SMILES string of the molecule is Cc1cc(C)c(S(=O)(=O)NC(=O)c2nocc2C(C)(C)C)s1. The zero-order chi connectivity index (χ0) is 16.7. The molecule has 0 radical (unpaired) electrons. The first kappa shape index (κ1) is 16.7. The molecule has 2 rings (SSSR count). The standard InChI is InChI=1S/C14H18N2O4S2/c1-8-6-9(2)21-13(8)22(18,19)16-12(17)11-10(7-20-15-11)14(3,4)5/h6-7H,1-5H3,(H,16,17). The fraction of sp³-hybridized carbons (Fsp3) is 0.429. The molecule has 120 valence electrons. The summed E-state index contributed by atoms with van der Waals surface area (Å²) in [6.45, 7) is 9.17. The van der Waals surface area contributed by atoms with Gasteiger partial charge in [-0.25, -0.2) is 13.1 Å². The predicted molar refractivity (Wildman–Crippen MR) is 83.6 cm³/mol. The van der Waals surface area contributed by atoms with Crippen molar-refractivity contribution in [3.63, 3.8) is 0 Å². The van der Waals surface area contributed by atoms with E-state index in [1.54, 1.807) is 13.0 Å². The molecule has 0 unspecified atom stereocenters. The average Bonchev–Trinajstić information content (AvgIpc) is 2.94. The Morgan fingerprint density at radius 2 is 1.95 bits per heavy atom. The van der Waals surface area contributed by atoms with Crippen molar-refractivity contribution < 1.29 is 17.7 Å². The van der Waals surface area contributed by atoms with E-state index in [2.05, 4.69) is 9.88 Å². The van der Waals surface area contributed by atoms with Crippen LogP contribution in [0.2, 0.25) is 0 Å². The fourth-order valence-corrected chi connectivity index (χ4v) is 4.66. The summed E-state index contributed by atoms with van der Waals surface area (Å²) < 4.78 is 31.7. The van der Waals surface area contributed by atoms with Gasteiger partial charge in [-0.3, -0.25) is 4.79 Å². The lowest BCUT2D eigenvalue weighted by atomic mass is 9.87. The highest BCUT2D eigenvalue weighted by molar-refractivity contribution is 7.92. The highest BCUT2D eigenvalue weighted by atomic mass is 32.2. The fourth-order valence-electron chi connectivity index (χ4n) is 2.04. The van der Waals surface area contributed by atoms with Crippen LogP contribution in [-0.4, -0.2) is 19.5 Å². The third kappa shape index (κ3) is 3.22. The Morgan fingerprint density at radius 3 is 2.45 bits per heavy atom. The number of amides is 1. The lowest BCUT2D eigenvalue weighted by molar-refractivity contribution is 0.0971. The molecule has 2 aromatic heterocycles. The second-order valence-corrected chi connectivity index (χ2v) is 9.22. The smallest absolute Gasteiger partial charge is 0.287 e. The number of carbonyl (C=O) groups is 1. The summed E-state index contributed by atoms with van der Waals surface area (Å²) >= 11 is 1.12. The van der Waals surface area contributed by atoms with Gasteiger partial charge < -0.3 is 4.52 Å². The van der Waals surface area contributed by atoms with Gasteiger partial charge in [0.05, 0.1) is 0 Å². The Hall–Kier alpha value is -1.67. The highest BCUT2D eigenvalue weighted by Crippen LogP contribution is 2.27. The zero-order valence-corrected chi connectivity index (χ0v) is 14.7. The van der Waals surface area contributed by atoms with Crippen LogP contribution in [0.25, 0.3) is 0 Å². The number of aromatic nitrogens is 1. The van der Waals surface area contributed by atoms with Crippen molar-refractivity contribution in [1.82, 2.24) is 9.88 Å². The molecule has 0 atom stereocenters. The summed E-state index contributed by atoms with van der Waals surface area (Å²) in [4.78, 5) is 13.1. The van der Waals surface area contributed by atoms with Crippen LogP contribution in [0, 0.1) is 13.8 Å². The molecule has 2 heterocycles. The number of aryl methyl sites for hydroxylation is 2. The molecule has 0 bridgehead atoms. The monoisotopic (exact) mass is 342 g/mol. The van der Waals surface area contributed by atoms with Gasteiger partial charge in [-0.2, -0.15) is 0 Å². The highest BCUT2D eigenvalue weighted by Gasteiger charge is 2.29. The van der Waals surface area contributed by atoms with Gasteiger partial charge in [0.25, 0.3) is 15.9 Å². The van der Waals surface area contributed by atoms with Crippen LogP contribution < -0.4 is 4.72 Å². The molecule has 0 saturated carbocycles. The van der Waals surface area contributed by atoms with Gasteiger partial charge in [-0.05, 0) is 30.9 Å². The quantitative estimate of drug-likeness (QED) is 0.926. The van der Waals surface area contributed by atoms with Gasteiger partial charge in [0.15, 0.2) is 5.69 Å². The number of nitrogens with zero attached hydrogens (tertiary/aromatic N) is 1. The summed E-state index contributed by atoms with van der Waals surface area (Å²) in [7, 11) is -3.92. The Balaban J connectivity index is 2.33. The third-order valence-electron chi connectivity index (χ3n) is 3.06. The van der Waals surface area contributed by atoms with Gasteiger partial charge in [0.1, 0.15) is 10.5 Å². The number of rotatable bonds is 3.